The number of fused-ring (bicyclic) bond motifs is 1. The van der Waals surface area contributed by atoms with Crippen LogP contribution in [-0.4, -0.2) is 24.4 Å². The third kappa shape index (κ3) is 5.36. The number of unbranched alkanes of at least 4 members (excludes halogenated alkanes) is 7. The van der Waals surface area contributed by atoms with Crippen LogP contribution in [0.15, 0.2) is 42.5 Å². The monoisotopic (exact) mass is 325 g/mol. The highest BCUT2D eigenvalue weighted by Gasteiger charge is 2.13. The smallest absolute Gasteiger partial charge is 0.254 e. The molecule has 2 aromatic rings. The first-order chi connectivity index (χ1) is 11.7. The summed E-state index contributed by atoms with van der Waals surface area (Å²) in [7, 11) is 1.92. The molecule has 0 saturated heterocycles. The summed E-state index contributed by atoms with van der Waals surface area (Å²) in [5, 5.41) is 2.18. The number of hydrogen-bond donors (Lipinski definition) is 0. The largest absolute Gasteiger partial charge is 0.342 e. The molecule has 130 valence electrons. The van der Waals surface area contributed by atoms with E-state index in [1.807, 2.05) is 42.3 Å². The van der Waals surface area contributed by atoms with E-state index < -0.39 is 0 Å². The predicted octanol–water partition coefficient (Wildman–Crippen LogP) is 6.05. The normalized spacial score (nSPS) is 10.9. The van der Waals surface area contributed by atoms with Crippen LogP contribution >= 0.6 is 0 Å². The molecule has 0 aliphatic heterocycles. The molecule has 2 rings (SSSR count). The van der Waals surface area contributed by atoms with Crippen LogP contribution in [0.2, 0.25) is 0 Å². The summed E-state index contributed by atoms with van der Waals surface area (Å²) >= 11 is 0. The summed E-state index contributed by atoms with van der Waals surface area (Å²) in [5.74, 6) is 0.134. The molecule has 0 aliphatic carbocycles. The Morgan fingerprint density at radius 3 is 2.21 bits per heavy atom. The van der Waals surface area contributed by atoms with Gasteiger partial charge in [0.1, 0.15) is 0 Å². The third-order valence-electron chi connectivity index (χ3n) is 4.71. The van der Waals surface area contributed by atoms with Crippen LogP contribution in [0.25, 0.3) is 10.8 Å². The molecule has 0 fully saturated rings. The lowest BCUT2D eigenvalue weighted by atomic mass is 10.0. The molecule has 2 nitrogen and oxygen atoms in total. The van der Waals surface area contributed by atoms with Crippen molar-refractivity contribution in [2.24, 2.45) is 0 Å². The maximum absolute atomic E-state index is 12.7. The van der Waals surface area contributed by atoms with Crippen LogP contribution in [0.3, 0.4) is 0 Å². The fourth-order valence-electron chi connectivity index (χ4n) is 3.20. The Morgan fingerprint density at radius 1 is 0.833 bits per heavy atom. The summed E-state index contributed by atoms with van der Waals surface area (Å²) in [4.78, 5) is 14.6. The van der Waals surface area contributed by atoms with Crippen molar-refractivity contribution in [1.82, 2.24) is 4.90 Å². The average Bonchev–Trinajstić information content (AvgIpc) is 2.62. The fraction of sp³-hybridized carbons (Fsp3) is 0.500. The second kappa shape index (κ2) is 10.1. The molecule has 0 N–H and O–H groups in total. The molecule has 0 bridgehead atoms. The van der Waals surface area contributed by atoms with Gasteiger partial charge in [-0.15, -0.1) is 0 Å². The van der Waals surface area contributed by atoms with Gasteiger partial charge in [0, 0.05) is 19.2 Å². The molecule has 0 heterocycles. The minimum Gasteiger partial charge on any atom is -0.342 e. The molecule has 0 saturated carbocycles. The van der Waals surface area contributed by atoms with Crippen LogP contribution in [0.5, 0.6) is 0 Å². The SMILES string of the molecule is CCCCCCCCCCN(C)C(=O)c1cccc2ccccc12. The molecule has 24 heavy (non-hydrogen) atoms. The number of carbonyl (C=O) groups is 1. The van der Waals surface area contributed by atoms with Gasteiger partial charge in [-0.25, -0.2) is 0 Å². The van der Waals surface area contributed by atoms with Crippen molar-refractivity contribution in [3.05, 3.63) is 48.0 Å². The molecule has 0 atom stereocenters. The van der Waals surface area contributed by atoms with E-state index in [4.69, 9.17) is 0 Å². The van der Waals surface area contributed by atoms with E-state index in [1.54, 1.807) is 0 Å². The van der Waals surface area contributed by atoms with Crippen molar-refractivity contribution in [2.75, 3.05) is 13.6 Å². The highest BCUT2D eigenvalue weighted by molar-refractivity contribution is 6.06. The minimum atomic E-state index is 0.134. The fourth-order valence-corrected chi connectivity index (χ4v) is 3.20. The van der Waals surface area contributed by atoms with Crippen molar-refractivity contribution in [1.29, 1.82) is 0 Å². The molecule has 0 aliphatic rings. The van der Waals surface area contributed by atoms with Crippen LogP contribution in [0.1, 0.15) is 68.6 Å². The number of hydrogen-bond acceptors (Lipinski definition) is 1. The zero-order chi connectivity index (χ0) is 17.2. The van der Waals surface area contributed by atoms with E-state index in [9.17, 15) is 4.79 Å². The highest BCUT2D eigenvalue weighted by atomic mass is 16.2. The minimum absolute atomic E-state index is 0.134. The Kier molecular flexibility index (Phi) is 7.81. The first-order valence-electron chi connectivity index (χ1n) is 9.47. The van der Waals surface area contributed by atoms with E-state index in [-0.39, 0.29) is 5.91 Å². The van der Waals surface area contributed by atoms with E-state index in [1.165, 1.54) is 44.9 Å². The van der Waals surface area contributed by atoms with Gasteiger partial charge in [-0.1, -0.05) is 88.3 Å². The van der Waals surface area contributed by atoms with Gasteiger partial charge < -0.3 is 4.90 Å². The van der Waals surface area contributed by atoms with Crippen molar-refractivity contribution in [3.8, 4) is 0 Å². The second-order valence-corrected chi connectivity index (χ2v) is 6.73. The average molecular weight is 325 g/mol. The number of amides is 1. The molecular weight excluding hydrogens is 294 g/mol. The molecular formula is C22H31NO. The van der Waals surface area contributed by atoms with Crippen LogP contribution in [0, 0.1) is 0 Å². The van der Waals surface area contributed by atoms with Gasteiger partial charge >= 0.3 is 0 Å². The van der Waals surface area contributed by atoms with Crippen LogP contribution in [0.4, 0.5) is 0 Å². The molecule has 0 aromatic heterocycles. The van der Waals surface area contributed by atoms with Crippen molar-refractivity contribution in [3.63, 3.8) is 0 Å². The maximum atomic E-state index is 12.7. The van der Waals surface area contributed by atoms with Crippen molar-refractivity contribution < 1.29 is 4.79 Å². The molecule has 0 radical (unpaired) electrons. The Hall–Kier alpha value is -1.83. The van der Waals surface area contributed by atoms with Gasteiger partial charge in [-0.3, -0.25) is 4.79 Å². The van der Waals surface area contributed by atoms with E-state index in [0.717, 1.165) is 29.3 Å². The van der Waals surface area contributed by atoms with E-state index >= 15 is 0 Å². The topological polar surface area (TPSA) is 20.3 Å². The zero-order valence-electron chi connectivity index (χ0n) is 15.3. The lowest BCUT2D eigenvalue weighted by molar-refractivity contribution is 0.0794. The molecule has 0 unspecified atom stereocenters. The summed E-state index contributed by atoms with van der Waals surface area (Å²) in [6, 6.07) is 14.1. The maximum Gasteiger partial charge on any atom is 0.254 e. The number of carbonyl (C=O) groups excluding carboxylic acids is 1. The standard InChI is InChI=1S/C22H31NO/c1-3-4-5-6-7-8-9-12-18-23(2)22(24)21-17-13-15-19-14-10-11-16-20(19)21/h10-11,13-17H,3-9,12,18H2,1-2H3. The third-order valence-corrected chi connectivity index (χ3v) is 4.71. The first kappa shape index (κ1) is 18.5. The van der Waals surface area contributed by atoms with Crippen LogP contribution < -0.4 is 0 Å². The molecule has 0 spiro atoms. The number of rotatable bonds is 10. The number of nitrogens with zero attached hydrogens (tertiary/aromatic N) is 1. The molecule has 2 heteroatoms. The first-order valence-corrected chi connectivity index (χ1v) is 9.47. The Bertz CT molecular complexity index is 629. The summed E-state index contributed by atoms with van der Waals surface area (Å²) in [6.45, 7) is 3.10. The van der Waals surface area contributed by atoms with Crippen molar-refractivity contribution >= 4 is 16.7 Å². The number of benzene rings is 2. The van der Waals surface area contributed by atoms with Crippen molar-refractivity contribution in [2.45, 2.75) is 58.3 Å². The Labute approximate surface area is 146 Å². The highest BCUT2D eigenvalue weighted by Crippen LogP contribution is 2.20. The van der Waals surface area contributed by atoms with Gasteiger partial charge in [-0.2, -0.15) is 0 Å². The lowest BCUT2D eigenvalue weighted by Gasteiger charge is -2.18. The summed E-state index contributed by atoms with van der Waals surface area (Å²) in [5.41, 5.74) is 0.815. The van der Waals surface area contributed by atoms with Gasteiger partial charge in [0.05, 0.1) is 0 Å². The van der Waals surface area contributed by atoms with E-state index in [0.29, 0.717) is 0 Å². The Balaban J connectivity index is 1.78. The lowest BCUT2D eigenvalue weighted by Crippen LogP contribution is -2.27. The second-order valence-electron chi connectivity index (χ2n) is 6.73. The summed E-state index contributed by atoms with van der Waals surface area (Å²) < 4.78 is 0. The molecule has 1 amide bonds. The quantitative estimate of drug-likeness (QED) is 0.487. The van der Waals surface area contributed by atoms with Crippen LogP contribution in [-0.2, 0) is 0 Å². The van der Waals surface area contributed by atoms with Gasteiger partial charge in [-0.05, 0) is 23.3 Å². The molecule has 2 aromatic carbocycles. The summed E-state index contributed by atoms with van der Waals surface area (Å²) in [6.07, 6.45) is 10.3. The predicted molar refractivity (Wildman–Crippen MR) is 104 cm³/mol. The zero-order valence-corrected chi connectivity index (χ0v) is 15.3. The van der Waals surface area contributed by atoms with E-state index in [2.05, 4.69) is 19.1 Å². The van der Waals surface area contributed by atoms with Gasteiger partial charge in [0.15, 0.2) is 0 Å². The van der Waals surface area contributed by atoms with Gasteiger partial charge in [0.2, 0.25) is 0 Å². The Morgan fingerprint density at radius 2 is 1.46 bits per heavy atom. The van der Waals surface area contributed by atoms with Gasteiger partial charge in [0.25, 0.3) is 5.91 Å².